The van der Waals surface area contributed by atoms with E-state index in [9.17, 15) is 9.90 Å². The van der Waals surface area contributed by atoms with Crippen LogP contribution in [-0.4, -0.2) is 11.0 Å². The molecule has 1 heterocycles. The molecule has 14 heavy (non-hydrogen) atoms. The number of halogens is 1. The second kappa shape index (κ2) is 3.37. The smallest absolute Gasteiger partial charge is 0.228 e. The van der Waals surface area contributed by atoms with E-state index in [4.69, 9.17) is 0 Å². The molecule has 0 saturated carbocycles. The number of hydrogen-bond donors (Lipinski definition) is 2. The van der Waals surface area contributed by atoms with Crippen LogP contribution in [0.5, 0.6) is 0 Å². The zero-order chi connectivity index (χ0) is 10.3. The highest BCUT2D eigenvalue weighted by Gasteiger charge is 2.20. The van der Waals surface area contributed by atoms with Gasteiger partial charge in [0.15, 0.2) is 0 Å². The fourth-order valence-corrected chi connectivity index (χ4v) is 2.26. The molecule has 1 aliphatic heterocycles. The standard InChI is InChI=1S/C10H10BrNO2/c1-5(13)7-2-6-3-10(14)12-9(6)4-8(7)11/h2,4-5,13H,3H2,1H3,(H,12,14). The Bertz CT molecular complexity index is 401. The highest BCUT2D eigenvalue weighted by Crippen LogP contribution is 2.32. The van der Waals surface area contributed by atoms with Crippen molar-refractivity contribution in [1.82, 2.24) is 0 Å². The number of nitrogens with one attached hydrogen (secondary N) is 1. The van der Waals surface area contributed by atoms with Gasteiger partial charge in [-0.1, -0.05) is 15.9 Å². The number of rotatable bonds is 1. The molecule has 1 unspecified atom stereocenters. The van der Waals surface area contributed by atoms with Crippen LogP contribution in [0.1, 0.15) is 24.2 Å². The van der Waals surface area contributed by atoms with Crippen molar-refractivity contribution in [2.45, 2.75) is 19.4 Å². The van der Waals surface area contributed by atoms with E-state index in [-0.39, 0.29) is 5.91 Å². The predicted octanol–water partition coefficient (Wildman–Crippen LogP) is 2.00. The molecule has 1 aliphatic rings. The molecule has 0 saturated heterocycles. The molecule has 1 aromatic rings. The summed E-state index contributed by atoms with van der Waals surface area (Å²) < 4.78 is 0.827. The molecule has 74 valence electrons. The molecule has 0 spiro atoms. The first-order chi connectivity index (χ1) is 6.58. The van der Waals surface area contributed by atoms with E-state index in [1.54, 1.807) is 6.92 Å². The quantitative estimate of drug-likeness (QED) is 0.807. The normalized spacial score (nSPS) is 16.4. The molecule has 0 fully saturated rings. The SMILES string of the molecule is CC(O)c1cc2c(cc1Br)NC(=O)C2. The number of hydrogen-bond acceptors (Lipinski definition) is 2. The van der Waals surface area contributed by atoms with E-state index >= 15 is 0 Å². The number of aliphatic hydroxyl groups is 1. The molecule has 4 heteroatoms. The van der Waals surface area contributed by atoms with Crippen molar-refractivity contribution in [1.29, 1.82) is 0 Å². The Morgan fingerprint density at radius 2 is 2.29 bits per heavy atom. The average molecular weight is 256 g/mol. The fraction of sp³-hybridized carbons (Fsp3) is 0.300. The van der Waals surface area contributed by atoms with Crippen molar-refractivity contribution in [2.75, 3.05) is 5.32 Å². The zero-order valence-electron chi connectivity index (χ0n) is 7.67. The van der Waals surface area contributed by atoms with Crippen molar-refractivity contribution >= 4 is 27.5 Å². The van der Waals surface area contributed by atoms with Gasteiger partial charge in [0, 0.05) is 10.2 Å². The fourth-order valence-electron chi connectivity index (χ4n) is 1.59. The molecule has 1 amide bonds. The Balaban J connectivity index is 2.50. The van der Waals surface area contributed by atoms with Crippen molar-refractivity contribution in [3.8, 4) is 0 Å². The third kappa shape index (κ3) is 1.55. The minimum atomic E-state index is -0.523. The summed E-state index contributed by atoms with van der Waals surface area (Å²) in [7, 11) is 0. The summed E-state index contributed by atoms with van der Waals surface area (Å²) in [5.41, 5.74) is 2.61. The Hall–Kier alpha value is -0.870. The van der Waals surface area contributed by atoms with Crippen LogP contribution in [0.2, 0.25) is 0 Å². The first-order valence-corrected chi connectivity index (χ1v) is 5.17. The second-order valence-electron chi connectivity index (χ2n) is 3.43. The minimum absolute atomic E-state index is 0.00893. The van der Waals surface area contributed by atoms with Crippen LogP contribution in [0.4, 0.5) is 5.69 Å². The molecule has 0 aliphatic carbocycles. The van der Waals surface area contributed by atoms with Gasteiger partial charge >= 0.3 is 0 Å². The van der Waals surface area contributed by atoms with Gasteiger partial charge < -0.3 is 10.4 Å². The number of aliphatic hydroxyl groups excluding tert-OH is 1. The molecule has 2 N–H and O–H groups in total. The molecule has 1 aromatic carbocycles. The van der Waals surface area contributed by atoms with Gasteiger partial charge in [0.1, 0.15) is 0 Å². The molecule has 0 radical (unpaired) electrons. The van der Waals surface area contributed by atoms with E-state index < -0.39 is 6.10 Å². The van der Waals surface area contributed by atoms with Crippen LogP contribution in [-0.2, 0) is 11.2 Å². The van der Waals surface area contributed by atoms with E-state index in [1.165, 1.54) is 0 Å². The first kappa shape index (κ1) is 9.68. The van der Waals surface area contributed by atoms with Gasteiger partial charge in [0.2, 0.25) is 5.91 Å². The highest BCUT2D eigenvalue weighted by molar-refractivity contribution is 9.10. The number of benzene rings is 1. The second-order valence-corrected chi connectivity index (χ2v) is 4.29. The van der Waals surface area contributed by atoms with Crippen LogP contribution in [0.15, 0.2) is 16.6 Å². The molecule has 3 nitrogen and oxygen atoms in total. The van der Waals surface area contributed by atoms with E-state index in [0.717, 1.165) is 21.3 Å². The lowest BCUT2D eigenvalue weighted by Crippen LogP contribution is -2.03. The third-order valence-electron chi connectivity index (χ3n) is 2.30. The van der Waals surface area contributed by atoms with Gasteiger partial charge in [-0.3, -0.25) is 4.79 Å². The van der Waals surface area contributed by atoms with Crippen molar-refractivity contribution in [3.63, 3.8) is 0 Å². The molecule has 0 aromatic heterocycles. The Kier molecular flexibility index (Phi) is 2.33. The number of fused-ring (bicyclic) bond motifs is 1. The lowest BCUT2D eigenvalue weighted by Gasteiger charge is -2.09. The maximum atomic E-state index is 11.1. The molecule has 2 rings (SSSR count). The minimum Gasteiger partial charge on any atom is -0.389 e. The Morgan fingerprint density at radius 1 is 1.57 bits per heavy atom. The van der Waals surface area contributed by atoms with E-state index in [0.29, 0.717) is 6.42 Å². The van der Waals surface area contributed by atoms with Crippen LogP contribution in [0.3, 0.4) is 0 Å². The first-order valence-electron chi connectivity index (χ1n) is 4.38. The van der Waals surface area contributed by atoms with Gasteiger partial charge in [-0.25, -0.2) is 0 Å². The summed E-state index contributed by atoms with van der Waals surface area (Å²) in [6.07, 6.45) is -0.118. The largest absolute Gasteiger partial charge is 0.389 e. The predicted molar refractivity (Wildman–Crippen MR) is 57.1 cm³/mol. The van der Waals surface area contributed by atoms with Gasteiger partial charge in [-0.2, -0.15) is 0 Å². The van der Waals surface area contributed by atoms with Crippen molar-refractivity contribution in [3.05, 3.63) is 27.7 Å². The van der Waals surface area contributed by atoms with E-state index in [2.05, 4.69) is 21.2 Å². The van der Waals surface area contributed by atoms with Gasteiger partial charge in [-0.05, 0) is 30.2 Å². The molecule has 1 atom stereocenters. The van der Waals surface area contributed by atoms with Crippen molar-refractivity contribution in [2.24, 2.45) is 0 Å². The number of anilines is 1. The number of carbonyl (C=O) groups is 1. The average Bonchev–Trinajstić information content (AvgIpc) is 2.42. The number of amides is 1. The lowest BCUT2D eigenvalue weighted by molar-refractivity contribution is -0.115. The summed E-state index contributed by atoms with van der Waals surface area (Å²) in [4.78, 5) is 11.1. The maximum absolute atomic E-state index is 11.1. The lowest BCUT2D eigenvalue weighted by atomic mass is 10.1. The summed E-state index contributed by atoms with van der Waals surface area (Å²) >= 11 is 3.36. The summed E-state index contributed by atoms with van der Waals surface area (Å²) in [6, 6.07) is 3.70. The van der Waals surface area contributed by atoms with Gasteiger partial charge in [0.05, 0.1) is 12.5 Å². The van der Waals surface area contributed by atoms with Crippen LogP contribution in [0.25, 0.3) is 0 Å². The molecular formula is C10H10BrNO2. The van der Waals surface area contributed by atoms with Gasteiger partial charge in [0.25, 0.3) is 0 Å². The van der Waals surface area contributed by atoms with Crippen molar-refractivity contribution < 1.29 is 9.90 Å². The monoisotopic (exact) mass is 255 g/mol. The Labute approximate surface area is 90.3 Å². The summed E-state index contributed by atoms with van der Waals surface area (Å²) in [5, 5.41) is 12.2. The zero-order valence-corrected chi connectivity index (χ0v) is 9.26. The molecule has 0 bridgehead atoms. The summed E-state index contributed by atoms with van der Waals surface area (Å²) in [6.45, 7) is 1.71. The topological polar surface area (TPSA) is 49.3 Å². The summed E-state index contributed by atoms with van der Waals surface area (Å²) in [5.74, 6) is 0.00893. The number of carbonyl (C=O) groups excluding carboxylic acids is 1. The third-order valence-corrected chi connectivity index (χ3v) is 2.98. The molecular weight excluding hydrogens is 246 g/mol. The van der Waals surface area contributed by atoms with Gasteiger partial charge in [-0.15, -0.1) is 0 Å². The Morgan fingerprint density at radius 3 is 2.93 bits per heavy atom. The highest BCUT2D eigenvalue weighted by atomic mass is 79.9. The maximum Gasteiger partial charge on any atom is 0.228 e. The van der Waals surface area contributed by atoms with Crippen LogP contribution >= 0.6 is 15.9 Å². The van der Waals surface area contributed by atoms with E-state index in [1.807, 2.05) is 12.1 Å². The van der Waals surface area contributed by atoms with Crippen LogP contribution in [0, 0.1) is 0 Å². The van der Waals surface area contributed by atoms with Crippen LogP contribution < -0.4 is 5.32 Å².